The fraction of sp³-hybridized carbons (Fsp3) is 0.471. The van der Waals surface area contributed by atoms with Crippen LogP contribution >= 0.6 is 11.6 Å². The van der Waals surface area contributed by atoms with Crippen LogP contribution in [0.1, 0.15) is 74.2 Å². The molecule has 0 spiro atoms. The first-order valence-electron chi connectivity index (χ1n) is 16.4. The zero-order valence-corrected chi connectivity index (χ0v) is 28.6. The van der Waals surface area contributed by atoms with Crippen molar-refractivity contribution in [2.75, 3.05) is 13.1 Å². The molecular weight excluding hydrogens is 652 g/mol. The van der Waals surface area contributed by atoms with E-state index in [9.17, 15) is 29.1 Å². The van der Waals surface area contributed by atoms with Crippen LogP contribution in [0, 0.1) is 0 Å². The third kappa shape index (κ3) is 15.4. The van der Waals surface area contributed by atoms with Gasteiger partial charge in [-0.1, -0.05) is 61.7 Å². The number of nitrogens with one attached hydrogen (secondary N) is 4. The largest absolute Gasteiger partial charge is 0.480 e. The second kappa shape index (κ2) is 22.0. The Balaban J connectivity index is 2.26. The minimum Gasteiger partial charge on any atom is -0.480 e. The van der Waals surface area contributed by atoms with Gasteiger partial charge in [0.05, 0.1) is 0 Å². The predicted molar refractivity (Wildman–Crippen MR) is 189 cm³/mol. The number of halogens is 1. The molecule has 0 aliphatic carbocycles. The van der Waals surface area contributed by atoms with E-state index in [1.165, 1.54) is 0 Å². The van der Waals surface area contributed by atoms with Crippen molar-refractivity contribution in [2.45, 2.75) is 88.9 Å². The smallest absolute Gasteiger partial charge is 0.326 e. The Kier molecular flexibility index (Phi) is 18.2. The maximum Gasteiger partial charge on any atom is 0.326 e. The van der Waals surface area contributed by atoms with Crippen molar-refractivity contribution in [3.8, 4) is 0 Å². The molecule has 0 aliphatic rings. The van der Waals surface area contributed by atoms with E-state index in [0.29, 0.717) is 48.4 Å². The first-order chi connectivity index (χ1) is 23.4. The lowest BCUT2D eigenvalue weighted by molar-refractivity contribution is -0.142. The van der Waals surface area contributed by atoms with Crippen LogP contribution in [0.2, 0.25) is 5.02 Å². The summed E-state index contributed by atoms with van der Waals surface area (Å²) in [6.45, 7) is 2.49. The summed E-state index contributed by atoms with van der Waals surface area (Å²) < 4.78 is 0. The molecule has 2 aromatic rings. The number of rotatable bonds is 22. The van der Waals surface area contributed by atoms with E-state index in [4.69, 9.17) is 28.8 Å². The van der Waals surface area contributed by atoms with Gasteiger partial charge in [-0.3, -0.25) is 24.2 Å². The van der Waals surface area contributed by atoms with Crippen molar-refractivity contribution in [1.29, 1.82) is 0 Å². The Morgan fingerprint density at radius 1 is 0.735 bits per heavy atom. The van der Waals surface area contributed by atoms with Crippen LogP contribution < -0.4 is 38.5 Å². The number of carbonyl (C=O) groups is 5. The molecule has 0 aliphatic heterocycles. The van der Waals surface area contributed by atoms with Crippen molar-refractivity contribution >= 4 is 47.2 Å². The molecule has 268 valence electrons. The highest BCUT2D eigenvalue weighted by atomic mass is 35.5. The molecule has 0 heterocycles. The Morgan fingerprint density at radius 2 is 1.27 bits per heavy atom. The first kappa shape index (κ1) is 40.5. The Hall–Kier alpha value is -4.69. The minimum absolute atomic E-state index is 0.0292. The predicted octanol–water partition coefficient (Wildman–Crippen LogP) is 1.59. The molecule has 14 nitrogen and oxygen atoms in total. The van der Waals surface area contributed by atoms with Crippen LogP contribution in [0.4, 0.5) is 0 Å². The molecule has 4 amide bonds. The lowest BCUT2D eigenvalue weighted by Gasteiger charge is -2.26. The maximum absolute atomic E-state index is 13.7. The number of hydrogen-bond acceptors (Lipinski definition) is 7. The van der Waals surface area contributed by atoms with Crippen molar-refractivity contribution in [3.05, 3.63) is 70.7 Å². The van der Waals surface area contributed by atoms with E-state index in [0.717, 1.165) is 6.42 Å². The van der Waals surface area contributed by atoms with Crippen LogP contribution in [-0.2, 0) is 25.6 Å². The number of aliphatic imine (C=N–C) groups is 1. The van der Waals surface area contributed by atoms with E-state index in [1.807, 2.05) is 6.92 Å². The van der Waals surface area contributed by atoms with Gasteiger partial charge in [-0.2, -0.15) is 0 Å². The quantitative estimate of drug-likeness (QED) is 0.0504. The number of carbonyl (C=O) groups excluding carboxylic acids is 4. The summed E-state index contributed by atoms with van der Waals surface area (Å²) in [5, 5.41) is 21.1. The van der Waals surface area contributed by atoms with E-state index in [2.05, 4.69) is 26.3 Å². The highest BCUT2D eigenvalue weighted by Gasteiger charge is 2.31. The molecule has 49 heavy (non-hydrogen) atoms. The molecule has 0 aromatic heterocycles. The van der Waals surface area contributed by atoms with Crippen LogP contribution in [-0.4, -0.2) is 77.9 Å². The van der Waals surface area contributed by atoms with Gasteiger partial charge < -0.3 is 43.6 Å². The number of guanidine groups is 1. The van der Waals surface area contributed by atoms with Gasteiger partial charge in [-0.15, -0.1) is 0 Å². The summed E-state index contributed by atoms with van der Waals surface area (Å²) in [5.74, 6) is -3.77. The average molecular weight is 701 g/mol. The number of aliphatic carboxylic acids is 1. The van der Waals surface area contributed by atoms with E-state index >= 15 is 0 Å². The van der Waals surface area contributed by atoms with E-state index in [1.54, 1.807) is 54.6 Å². The summed E-state index contributed by atoms with van der Waals surface area (Å²) in [5.41, 5.74) is 17.5. The van der Waals surface area contributed by atoms with Crippen molar-refractivity contribution in [3.63, 3.8) is 0 Å². The van der Waals surface area contributed by atoms with Crippen LogP contribution in [0.25, 0.3) is 0 Å². The monoisotopic (exact) mass is 700 g/mol. The average Bonchev–Trinajstić information content (AvgIpc) is 3.08. The van der Waals surface area contributed by atoms with Gasteiger partial charge in [-0.05, 0) is 74.9 Å². The molecule has 2 rings (SSSR count). The van der Waals surface area contributed by atoms with E-state index < -0.39 is 53.8 Å². The molecule has 4 atom stereocenters. The summed E-state index contributed by atoms with van der Waals surface area (Å²) in [4.78, 5) is 69.7. The zero-order valence-electron chi connectivity index (χ0n) is 27.8. The number of carboxylic acid groups (broad SMARTS) is 1. The number of hydrogen-bond donors (Lipinski definition) is 8. The summed E-state index contributed by atoms with van der Waals surface area (Å²) in [7, 11) is 0. The number of benzene rings is 2. The molecule has 15 heteroatoms. The maximum atomic E-state index is 13.7. The lowest BCUT2D eigenvalue weighted by atomic mass is 10.0. The molecule has 0 fully saturated rings. The number of nitrogens with zero attached hydrogens (tertiary/aromatic N) is 1. The Bertz CT molecular complexity index is 1390. The van der Waals surface area contributed by atoms with Crippen molar-refractivity contribution in [1.82, 2.24) is 21.3 Å². The van der Waals surface area contributed by atoms with Gasteiger partial charge in [0.15, 0.2) is 5.96 Å². The number of carboxylic acids is 1. The third-order valence-corrected chi connectivity index (χ3v) is 7.88. The molecular formula is C34H49ClN8O6. The topological polar surface area (TPSA) is 244 Å². The molecule has 0 radical (unpaired) electrons. The summed E-state index contributed by atoms with van der Waals surface area (Å²) in [6.07, 6.45) is 3.37. The van der Waals surface area contributed by atoms with Crippen LogP contribution in [0.5, 0.6) is 0 Å². The molecule has 0 unspecified atom stereocenters. The van der Waals surface area contributed by atoms with Gasteiger partial charge in [0.25, 0.3) is 5.91 Å². The van der Waals surface area contributed by atoms with Gasteiger partial charge >= 0.3 is 5.97 Å². The SMILES string of the molecule is CCCC[C@H](NC(=O)c1ccccc1)C(=O)N[C@@H](CCCCN)C(=O)N[C@@H](CCCN=C(N)N)C(=O)N[C@@H](Cc1ccc(Cl)cc1)C(=O)O. The number of unbranched alkanes of at least 4 members (excludes halogenated alkanes) is 2. The minimum atomic E-state index is -1.31. The second-order valence-corrected chi connectivity index (χ2v) is 12.1. The zero-order chi connectivity index (χ0) is 36.2. The summed E-state index contributed by atoms with van der Waals surface area (Å²) in [6, 6.07) is 10.5. The van der Waals surface area contributed by atoms with Crippen molar-refractivity contribution in [2.24, 2.45) is 22.2 Å². The number of nitrogens with two attached hydrogens (primary N) is 3. The Labute approximate surface area is 292 Å². The van der Waals surface area contributed by atoms with Crippen LogP contribution in [0.3, 0.4) is 0 Å². The van der Waals surface area contributed by atoms with Gasteiger partial charge in [0, 0.05) is 23.6 Å². The molecule has 0 saturated carbocycles. The van der Waals surface area contributed by atoms with Crippen molar-refractivity contribution < 1.29 is 29.1 Å². The fourth-order valence-electron chi connectivity index (χ4n) is 4.92. The first-order valence-corrected chi connectivity index (χ1v) is 16.8. The second-order valence-electron chi connectivity index (χ2n) is 11.6. The third-order valence-electron chi connectivity index (χ3n) is 7.63. The summed E-state index contributed by atoms with van der Waals surface area (Å²) >= 11 is 5.95. The molecule has 0 bridgehead atoms. The molecule has 2 aromatic carbocycles. The number of amides is 4. The normalized spacial score (nSPS) is 13.2. The van der Waals surface area contributed by atoms with E-state index in [-0.39, 0.29) is 38.2 Å². The molecule has 0 saturated heterocycles. The highest BCUT2D eigenvalue weighted by Crippen LogP contribution is 2.13. The highest BCUT2D eigenvalue weighted by molar-refractivity contribution is 6.30. The molecule has 11 N–H and O–H groups in total. The standard InChI is InChI=1S/C34H49ClN8O6/c1-2-3-12-25(40-29(44)23-10-5-4-6-11-23)30(45)41-26(13-7-8-19-36)31(46)42-27(14-9-20-39-34(37)38)32(47)43-28(33(48)49)21-22-15-17-24(35)18-16-22/h4-6,10-11,15-18,25-28H,2-3,7-9,12-14,19-21,36H2,1H3,(H,40,44)(H,41,45)(H,42,46)(H,43,47)(H,48,49)(H4,37,38,39)/t25-,26-,27-,28-/m0/s1. The van der Waals surface area contributed by atoms with Gasteiger partial charge in [-0.25, -0.2) is 4.79 Å². The van der Waals surface area contributed by atoms with Crippen LogP contribution in [0.15, 0.2) is 59.6 Å². The van der Waals surface area contributed by atoms with Gasteiger partial charge in [0.2, 0.25) is 17.7 Å². The van der Waals surface area contributed by atoms with Gasteiger partial charge in [0.1, 0.15) is 24.2 Å². The lowest BCUT2D eigenvalue weighted by Crippen LogP contribution is -2.58. The Morgan fingerprint density at radius 3 is 1.80 bits per heavy atom. The fourth-order valence-corrected chi connectivity index (χ4v) is 5.04.